The molecule has 0 fully saturated rings. The second kappa shape index (κ2) is 7.62. The van der Waals surface area contributed by atoms with Crippen LogP contribution in [0.3, 0.4) is 0 Å². The molecule has 2 aromatic carbocycles. The maximum Gasteiger partial charge on any atom is 1.00 e. The molecule has 2 aromatic rings. The van der Waals surface area contributed by atoms with E-state index in [-0.39, 0.29) is 70.3 Å². The number of rotatable bonds is 3. The predicted molar refractivity (Wildman–Crippen MR) is 69.0 cm³/mol. The molecule has 0 saturated heterocycles. The van der Waals surface area contributed by atoms with Crippen LogP contribution in [0.15, 0.2) is 48.5 Å². The van der Waals surface area contributed by atoms with Gasteiger partial charge in [0.25, 0.3) is 0 Å². The van der Waals surface area contributed by atoms with Gasteiger partial charge >= 0.3 is 74.9 Å². The molecule has 0 amide bonds. The van der Waals surface area contributed by atoms with Gasteiger partial charge in [-0.3, -0.25) is 4.79 Å². The van der Waals surface area contributed by atoms with E-state index in [0.29, 0.717) is 11.1 Å². The summed E-state index contributed by atoms with van der Waals surface area (Å²) in [7, 11) is 0. The molecular weight excluding hydrogens is 364 g/mol. The van der Waals surface area contributed by atoms with Crippen molar-refractivity contribution >= 4 is 5.97 Å². The minimum absolute atomic E-state index is 0. The van der Waals surface area contributed by atoms with Crippen LogP contribution in [-0.4, -0.2) is 11.1 Å². The van der Waals surface area contributed by atoms with Gasteiger partial charge in [0, 0.05) is 5.56 Å². The zero-order chi connectivity index (χ0) is 13.1. The Kier molecular flexibility index (Phi) is 6.79. The second-order valence-electron chi connectivity index (χ2n) is 4.17. The van der Waals surface area contributed by atoms with Crippen LogP contribution in [0.1, 0.15) is 19.8 Å². The summed E-state index contributed by atoms with van der Waals surface area (Å²) in [5, 5.41) is 8.89. The molecule has 19 heavy (non-hydrogen) atoms. The summed E-state index contributed by atoms with van der Waals surface area (Å²) in [6.45, 7) is 1.54. The van der Waals surface area contributed by atoms with Gasteiger partial charge in [0.1, 0.15) is 5.82 Å². The number of carbonyl (C=O) groups is 1. The zero-order valence-electron chi connectivity index (χ0n) is 11.9. The molecule has 1 N–H and O–H groups in total. The molecule has 2 nitrogen and oxygen atoms in total. The molecule has 0 aliphatic carbocycles. The van der Waals surface area contributed by atoms with Crippen molar-refractivity contribution in [3.63, 3.8) is 0 Å². The summed E-state index contributed by atoms with van der Waals surface area (Å²) in [6.07, 6.45) is 0. The molecule has 4 heteroatoms. The van der Waals surface area contributed by atoms with E-state index >= 15 is 0 Å². The number of hydrogen-bond acceptors (Lipinski definition) is 1. The molecule has 1 unspecified atom stereocenters. The van der Waals surface area contributed by atoms with Crippen molar-refractivity contribution in [3.8, 4) is 11.1 Å². The van der Waals surface area contributed by atoms with Gasteiger partial charge in [-0.15, -0.1) is 0 Å². The number of hydrogen-bond donors (Lipinski definition) is 1. The number of aliphatic carboxylic acids is 1. The number of halogens is 1. The Morgan fingerprint density at radius 3 is 2.37 bits per heavy atom. The summed E-state index contributed by atoms with van der Waals surface area (Å²) in [4.78, 5) is 10.8. The largest absolute Gasteiger partial charge is 1.00 e. The van der Waals surface area contributed by atoms with Gasteiger partial charge in [0.05, 0.1) is 5.92 Å². The summed E-state index contributed by atoms with van der Waals surface area (Å²) in [5.41, 5.74) is 1.74. The molecular formula is C15H14CsFO2. The van der Waals surface area contributed by atoms with Gasteiger partial charge in [-0.2, -0.15) is 0 Å². The fourth-order valence-electron chi connectivity index (χ4n) is 1.80. The maximum atomic E-state index is 14.0. The Morgan fingerprint density at radius 1 is 1.21 bits per heavy atom. The van der Waals surface area contributed by atoms with Gasteiger partial charge in [-0.25, -0.2) is 4.39 Å². The predicted octanol–water partition coefficient (Wildman–Crippen LogP) is 0.797. The molecule has 0 aliphatic heterocycles. The molecule has 94 valence electrons. The Hall–Kier alpha value is -0.108. The smallest absolute Gasteiger partial charge is 1.00 e. The van der Waals surface area contributed by atoms with E-state index in [4.69, 9.17) is 5.11 Å². The third-order valence-corrected chi connectivity index (χ3v) is 2.95. The Balaban J connectivity index is 0.00000180. The van der Waals surface area contributed by atoms with E-state index in [1.54, 1.807) is 19.1 Å². The van der Waals surface area contributed by atoms with Crippen LogP contribution in [0.25, 0.3) is 11.1 Å². The average molecular weight is 378 g/mol. The number of carboxylic acid groups (broad SMARTS) is 1. The third-order valence-electron chi connectivity index (χ3n) is 2.95. The summed E-state index contributed by atoms with van der Waals surface area (Å²) in [5.74, 6) is -2.06. The minimum Gasteiger partial charge on any atom is -1.00 e. The number of benzene rings is 2. The summed E-state index contributed by atoms with van der Waals surface area (Å²) in [6, 6.07) is 13.7. The van der Waals surface area contributed by atoms with E-state index in [1.165, 1.54) is 6.07 Å². The molecule has 0 aromatic heterocycles. The van der Waals surface area contributed by atoms with Crippen LogP contribution in [0.2, 0.25) is 0 Å². The van der Waals surface area contributed by atoms with Crippen molar-refractivity contribution in [1.82, 2.24) is 0 Å². The van der Waals surface area contributed by atoms with E-state index in [1.807, 2.05) is 30.3 Å². The van der Waals surface area contributed by atoms with Crippen LogP contribution in [0.5, 0.6) is 0 Å². The first-order valence-electron chi connectivity index (χ1n) is 5.67. The first kappa shape index (κ1) is 16.9. The van der Waals surface area contributed by atoms with Gasteiger partial charge in [-0.1, -0.05) is 42.5 Å². The Labute approximate surface area is 171 Å². The van der Waals surface area contributed by atoms with E-state index < -0.39 is 17.7 Å². The van der Waals surface area contributed by atoms with Gasteiger partial charge in [0.15, 0.2) is 0 Å². The van der Waals surface area contributed by atoms with E-state index in [2.05, 4.69) is 0 Å². The Bertz CT molecular complexity index is 575. The van der Waals surface area contributed by atoms with Crippen molar-refractivity contribution in [2.75, 3.05) is 0 Å². The van der Waals surface area contributed by atoms with Crippen molar-refractivity contribution in [2.45, 2.75) is 12.8 Å². The van der Waals surface area contributed by atoms with E-state index in [0.717, 1.165) is 5.56 Å². The topological polar surface area (TPSA) is 37.3 Å². The normalized spacial score (nSPS) is 11.5. The third kappa shape index (κ3) is 4.18. The molecule has 0 saturated carbocycles. The van der Waals surface area contributed by atoms with Crippen molar-refractivity contribution < 1.29 is 84.6 Å². The van der Waals surface area contributed by atoms with Crippen LogP contribution < -0.4 is 68.9 Å². The maximum absolute atomic E-state index is 14.0. The average Bonchev–Trinajstić information content (AvgIpc) is 2.38. The molecule has 1 atom stereocenters. The van der Waals surface area contributed by atoms with Crippen molar-refractivity contribution in [1.29, 1.82) is 0 Å². The summed E-state index contributed by atoms with van der Waals surface area (Å²) >= 11 is 0. The van der Waals surface area contributed by atoms with Crippen molar-refractivity contribution in [2.24, 2.45) is 0 Å². The summed E-state index contributed by atoms with van der Waals surface area (Å²) < 4.78 is 14.0. The fraction of sp³-hybridized carbons (Fsp3) is 0.133. The molecule has 0 aliphatic rings. The first-order chi connectivity index (χ1) is 8.59. The quantitative estimate of drug-likeness (QED) is 0.858. The monoisotopic (exact) mass is 378 g/mol. The van der Waals surface area contributed by atoms with E-state index in [9.17, 15) is 9.18 Å². The second-order valence-corrected chi connectivity index (χ2v) is 4.17. The number of carboxylic acids is 1. The molecule has 0 radical (unpaired) electrons. The fourth-order valence-corrected chi connectivity index (χ4v) is 1.80. The molecule has 0 spiro atoms. The van der Waals surface area contributed by atoms with Crippen LogP contribution in [-0.2, 0) is 4.79 Å². The van der Waals surface area contributed by atoms with Gasteiger partial charge < -0.3 is 6.53 Å². The van der Waals surface area contributed by atoms with Crippen LogP contribution in [0.4, 0.5) is 4.39 Å². The van der Waals surface area contributed by atoms with Crippen molar-refractivity contribution in [3.05, 3.63) is 59.9 Å². The molecule has 0 heterocycles. The zero-order valence-corrected chi connectivity index (χ0v) is 17.2. The van der Waals surface area contributed by atoms with Crippen LogP contribution >= 0.6 is 0 Å². The van der Waals surface area contributed by atoms with Crippen LogP contribution in [0, 0.1) is 5.82 Å². The standard InChI is InChI=1S/C15H13FO2.Cs.H/c1-10(15(17)18)12-7-8-13(14(16)9-12)11-5-3-2-4-6-11;;/h2-10H,1H3,(H,17,18);;/q;+1;-1. The Morgan fingerprint density at radius 2 is 1.84 bits per heavy atom. The molecule has 2 rings (SSSR count). The molecule has 0 bridgehead atoms. The minimum atomic E-state index is -0.957. The first-order valence-corrected chi connectivity index (χ1v) is 5.67. The SMILES string of the molecule is CC(C(=O)O)c1ccc(-c2ccccc2)c(F)c1.[Cs+].[H-]. The van der Waals surface area contributed by atoms with Gasteiger partial charge in [-0.05, 0) is 24.1 Å². The van der Waals surface area contributed by atoms with Gasteiger partial charge in [0.2, 0.25) is 0 Å².